The van der Waals surface area contributed by atoms with Crippen LogP contribution in [0.15, 0.2) is 42.5 Å². The van der Waals surface area contributed by atoms with Crippen LogP contribution in [0.5, 0.6) is 0 Å². The topological polar surface area (TPSA) is 91.7 Å². The lowest BCUT2D eigenvalue weighted by Crippen LogP contribution is -2.24. The molecule has 0 fully saturated rings. The Morgan fingerprint density at radius 1 is 1.26 bits per heavy atom. The van der Waals surface area contributed by atoms with Gasteiger partial charge >= 0.3 is 5.97 Å². The van der Waals surface area contributed by atoms with E-state index >= 15 is 0 Å². The maximum atomic E-state index is 11.3. The largest absolute Gasteiger partial charge is 0.479 e. The molecule has 1 aromatic carbocycles. The first kappa shape index (κ1) is 16.9. The summed E-state index contributed by atoms with van der Waals surface area (Å²) in [5.74, 6) is -0.725. The lowest BCUT2D eigenvalue weighted by atomic mass is 10.1. The fourth-order valence-electron chi connectivity index (χ4n) is 2.21. The Balaban J connectivity index is 1.96. The average molecular weight is 316 g/mol. The molecule has 3 N–H and O–H groups in total. The number of hydrogen-bond acceptors (Lipinski definition) is 5. The van der Waals surface area contributed by atoms with Gasteiger partial charge in [0.25, 0.3) is 0 Å². The summed E-state index contributed by atoms with van der Waals surface area (Å²) in [5.41, 5.74) is 4.42. The zero-order valence-electron chi connectivity index (χ0n) is 12.9. The van der Waals surface area contributed by atoms with Gasteiger partial charge in [0.15, 0.2) is 11.9 Å². The fraction of sp³-hybridized carbons (Fsp3) is 0.294. The summed E-state index contributed by atoms with van der Waals surface area (Å²) in [5, 5.41) is 18.4. The maximum Gasteiger partial charge on any atom is 0.332 e. The number of nitrogens with one attached hydrogen (secondary N) is 1. The second kappa shape index (κ2) is 8.26. The average Bonchev–Trinajstić information content (AvgIpc) is 2.56. The SMILES string of the molecule is Cc1ccc(COC(CCc2ccccc2)C(=O)O)c(NO)n1. The van der Waals surface area contributed by atoms with E-state index < -0.39 is 12.1 Å². The smallest absolute Gasteiger partial charge is 0.332 e. The third-order valence-corrected chi connectivity index (χ3v) is 3.48. The number of benzene rings is 1. The molecule has 0 saturated heterocycles. The number of carbonyl (C=O) groups is 1. The summed E-state index contributed by atoms with van der Waals surface area (Å²) in [6.45, 7) is 1.85. The predicted molar refractivity (Wildman–Crippen MR) is 85.4 cm³/mol. The lowest BCUT2D eigenvalue weighted by molar-refractivity contribution is -0.151. The van der Waals surface area contributed by atoms with Crippen molar-refractivity contribution in [1.82, 2.24) is 4.98 Å². The molecule has 1 atom stereocenters. The van der Waals surface area contributed by atoms with E-state index in [0.717, 1.165) is 11.3 Å². The standard InChI is InChI=1S/C17H20N2O4/c1-12-7-9-14(16(18-12)19-22)11-23-15(17(20)21)10-8-13-5-3-2-4-6-13/h2-7,9,15,22H,8,10-11H2,1H3,(H,18,19)(H,20,21). The van der Waals surface area contributed by atoms with Crippen LogP contribution in [-0.4, -0.2) is 27.4 Å². The number of aromatic nitrogens is 1. The van der Waals surface area contributed by atoms with Crippen molar-refractivity contribution in [3.63, 3.8) is 0 Å². The van der Waals surface area contributed by atoms with E-state index in [1.807, 2.05) is 35.8 Å². The number of hydrogen-bond donors (Lipinski definition) is 3. The van der Waals surface area contributed by atoms with Crippen LogP contribution in [0.2, 0.25) is 0 Å². The van der Waals surface area contributed by atoms with Gasteiger partial charge in [0, 0.05) is 11.3 Å². The van der Waals surface area contributed by atoms with Crippen LogP contribution in [0.25, 0.3) is 0 Å². The van der Waals surface area contributed by atoms with Gasteiger partial charge in [-0.1, -0.05) is 36.4 Å². The summed E-state index contributed by atoms with van der Waals surface area (Å²) >= 11 is 0. The first-order valence-electron chi connectivity index (χ1n) is 7.35. The summed E-state index contributed by atoms with van der Waals surface area (Å²) < 4.78 is 5.50. The van der Waals surface area contributed by atoms with E-state index in [-0.39, 0.29) is 12.4 Å². The van der Waals surface area contributed by atoms with Crippen molar-refractivity contribution in [3.05, 3.63) is 59.3 Å². The first-order chi connectivity index (χ1) is 11.1. The summed E-state index contributed by atoms with van der Waals surface area (Å²) in [7, 11) is 0. The van der Waals surface area contributed by atoms with Crippen molar-refractivity contribution in [2.45, 2.75) is 32.5 Å². The molecule has 6 nitrogen and oxygen atoms in total. The molecule has 0 aliphatic rings. The van der Waals surface area contributed by atoms with E-state index in [4.69, 9.17) is 9.94 Å². The van der Waals surface area contributed by atoms with Crippen LogP contribution in [0.3, 0.4) is 0 Å². The Morgan fingerprint density at radius 3 is 2.65 bits per heavy atom. The maximum absolute atomic E-state index is 11.3. The second-order valence-electron chi connectivity index (χ2n) is 5.23. The van der Waals surface area contributed by atoms with E-state index in [1.54, 1.807) is 19.1 Å². The summed E-state index contributed by atoms with van der Waals surface area (Å²) in [6.07, 6.45) is 0.0818. The third-order valence-electron chi connectivity index (χ3n) is 3.48. The quantitative estimate of drug-likeness (QED) is 0.649. The molecule has 1 unspecified atom stereocenters. The van der Waals surface area contributed by atoms with Crippen molar-refractivity contribution < 1.29 is 19.8 Å². The number of anilines is 1. The molecule has 1 aromatic heterocycles. The highest BCUT2D eigenvalue weighted by molar-refractivity contribution is 5.72. The predicted octanol–water partition coefficient (Wildman–Crippen LogP) is 2.79. The van der Waals surface area contributed by atoms with Crippen LogP contribution in [-0.2, 0) is 22.6 Å². The molecule has 122 valence electrons. The Hall–Kier alpha value is -2.44. The van der Waals surface area contributed by atoms with Crippen molar-refractivity contribution in [2.24, 2.45) is 0 Å². The normalized spacial score (nSPS) is 11.9. The molecule has 0 bridgehead atoms. The highest BCUT2D eigenvalue weighted by atomic mass is 16.5. The number of pyridine rings is 1. The van der Waals surface area contributed by atoms with Gasteiger partial charge in [-0.05, 0) is 31.4 Å². The van der Waals surface area contributed by atoms with Crippen molar-refractivity contribution in [3.8, 4) is 0 Å². The Kier molecular flexibility index (Phi) is 6.08. The number of carboxylic acids is 1. The molecule has 0 spiro atoms. The van der Waals surface area contributed by atoms with E-state index in [0.29, 0.717) is 18.4 Å². The zero-order chi connectivity index (χ0) is 16.7. The van der Waals surface area contributed by atoms with Gasteiger partial charge in [-0.15, -0.1) is 0 Å². The molecule has 0 radical (unpaired) electrons. The molecule has 0 aliphatic carbocycles. The van der Waals surface area contributed by atoms with Crippen LogP contribution < -0.4 is 5.48 Å². The Morgan fingerprint density at radius 2 is 2.00 bits per heavy atom. The van der Waals surface area contributed by atoms with Crippen LogP contribution >= 0.6 is 0 Å². The molecule has 0 aliphatic heterocycles. The third kappa shape index (κ3) is 5.05. The summed E-state index contributed by atoms with van der Waals surface area (Å²) in [6, 6.07) is 13.2. The minimum atomic E-state index is -1.00. The van der Waals surface area contributed by atoms with Crippen molar-refractivity contribution >= 4 is 11.8 Å². The second-order valence-corrected chi connectivity index (χ2v) is 5.23. The molecule has 0 saturated carbocycles. The number of aryl methyl sites for hydroxylation is 2. The van der Waals surface area contributed by atoms with E-state index in [2.05, 4.69) is 4.98 Å². The minimum Gasteiger partial charge on any atom is -0.479 e. The number of carboxylic acid groups (broad SMARTS) is 1. The Bertz CT molecular complexity index is 646. The first-order valence-corrected chi connectivity index (χ1v) is 7.35. The van der Waals surface area contributed by atoms with Gasteiger partial charge in [-0.25, -0.2) is 9.78 Å². The zero-order valence-corrected chi connectivity index (χ0v) is 12.9. The molecule has 6 heteroatoms. The number of rotatable bonds is 8. The van der Waals surface area contributed by atoms with Crippen LogP contribution in [0, 0.1) is 6.92 Å². The van der Waals surface area contributed by atoms with Crippen LogP contribution in [0.4, 0.5) is 5.82 Å². The highest BCUT2D eigenvalue weighted by Gasteiger charge is 2.19. The summed E-state index contributed by atoms with van der Waals surface area (Å²) in [4.78, 5) is 15.5. The van der Waals surface area contributed by atoms with Gasteiger partial charge in [0.1, 0.15) is 0 Å². The molecule has 1 heterocycles. The van der Waals surface area contributed by atoms with Gasteiger partial charge in [0.2, 0.25) is 0 Å². The van der Waals surface area contributed by atoms with E-state index in [1.165, 1.54) is 0 Å². The van der Waals surface area contributed by atoms with Gasteiger partial charge in [-0.3, -0.25) is 10.7 Å². The molecular formula is C17H20N2O4. The van der Waals surface area contributed by atoms with Crippen molar-refractivity contribution in [1.29, 1.82) is 0 Å². The van der Waals surface area contributed by atoms with Crippen LogP contribution in [0.1, 0.15) is 23.2 Å². The van der Waals surface area contributed by atoms with E-state index in [9.17, 15) is 9.90 Å². The minimum absolute atomic E-state index is 0.0575. The van der Waals surface area contributed by atoms with Gasteiger partial charge < -0.3 is 9.84 Å². The molecule has 2 rings (SSSR count). The van der Waals surface area contributed by atoms with Gasteiger partial charge in [-0.2, -0.15) is 0 Å². The molecule has 0 amide bonds. The monoisotopic (exact) mass is 316 g/mol. The molecule has 23 heavy (non-hydrogen) atoms. The van der Waals surface area contributed by atoms with Crippen molar-refractivity contribution in [2.75, 3.05) is 5.48 Å². The van der Waals surface area contributed by atoms with Gasteiger partial charge in [0.05, 0.1) is 6.61 Å². The molecule has 2 aromatic rings. The number of aliphatic carboxylic acids is 1. The molecular weight excluding hydrogens is 296 g/mol. The number of nitrogens with zero attached hydrogens (tertiary/aromatic N) is 1. The Labute approximate surface area is 134 Å². The highest BCUT2D eigenvalue weighted by Crippen LogP contribution is 2.16. The number of ether oxygens (including phenoxy) is 1. The lowest BCUT2D eigenvalue weighted by Gasteiger charge is -2.15. The fourth-order valence-corrected chi connectivity index (χ4v) is 2.21.